The lowest BCUT2D eigenvalue weighted by molar-refractivity contribution is 1.15. The van der Waals surface area contributed by atoms with Crippen LogP contribution in [0.25, 0.3) is 0 Å². The molecule has 0 N–H and O–H groups in total. The first kappa shape index (κ1) is 4.57. The Hall–Kier alpha value is -0.300. The average Bonchev–Trinajstić information content (AvgIpc) is 2.49. The molecule has 1 saturated carbocycles. The van der Waals surface area contributed by atoms with Gasteiger partial charge in [-0.2, -0.15) is 0 Å². The summed E-state index contributed by atoms with van der Waals surface area (Å²) in [6, 6.07) is 2.11. The fourth-order valence-corrected chi connectivity index (χ4v) is 1.54. The summed E-state index contributed by atoms with van der Waals surface area (Å²) in [5.74, 6) is 0.914. The summed E-state index contributed by atoms with van der Waals surface area (Å²) in [7, 11) is 0. The SMILES string of the molecule is [c]1cc(C2CC2)cs1. The van der Waals surface area contributed by atoms with Gasteiger partial charge in [-0.1, -0.05) is 0 Å². The maximum atomic E-state index is 3.09. The van der Waals surface area contributed by atoms with Crippen molar-refractivity contribution in [3.63, 3.8) is 0 Å². The van der Waals surface area contributed by atoms with Gasteiger partial charge in [-0.05, 0) is 35.8 Å². The molecule has 1 aliphatic carbocycles. The minimum atomic E-state index is 0.914. The molecule has 0 bridgehead atoms. The van der Waals surface area contributed by atoms with Gasteiger partial charge in [-0.25, -0.2) is 0 Å². The molecule has 1 aromatic heterocycles. The molecule has 41 valence electrons. The van der Waals surface area contributed by atoms with E-state index in [2.05, 4.69) is 16.8 Å². The van der Waals surface area contributed by atoms with Crippen LogP contribution in [0.3, 0.4) is 0 Å². The second-order valence-electron chi connectivity index (χ2n) is 2.27. The molecule has 8 heavy (non-hydrogen) atoms. The van der Waals surface area contributed by atoms with E-state index in [9.17, 15) is 0 Å². The molecule has 0 atom stereocenters. The topological polar surface area (TPSA) is 0 Å². The molecule has 0 nitrogen and oxygen atoms in total. The molecule has 1 radical (unpaired) electrons. The van der Waals surface area contributed by atoms with Gasteiger partial charge in [0, 0.05) is 5.38 Å². The van der Waals surface area contributed by atoms with E-state index in [1.807, 2.05) is 0 Å². The number of thiophene rings is 1. The number of hydrogen-bond acceptors (Lipinski definition) is 1. The van der Waals surface area contributed by atoms with Gasteiger partial charge in [0.1, 0.15) is 0 Å². The van der Waals surface area contributed by atoms with E-state index in [1.165, 1.54) is 18.4 Å². The second kappa shape index (κ2) is 1.59. The van der Waals surface area contributed by atoms with Crippen molar-refractivity contribution in [2.45, 2.75) is 18.8 Å². The minimum absolute atomic E-state index is 0.914. The van der Waals surface area contributed by atoms with Crippen molar-refractivity contribution in [2.75, 3.05) is 0 Å². The molecule has 0 aromatic carbocycles. The molecule has 1 heterocycles. The Morgan fingerprint density at radius 3 is 3.00 bits per heavy atom. The summed E-state index contributed by atoms with van der Waals surface area (Å²) in [6.07, 6.45) is 2.81. The van der Waals surface area contributed by atoms with Crippen LogP contribution >= 0.6 is 11.3 Å². The first-order valence-corrected chi connectivity index (χ1v) is 3.79. The molecule has 0 amide bonds. The summed E-state index contributed by atoms with van der Waals surface area (Å²) < 4.78 is 0. The molecule has 0 aliphatic heterocycles. The zero-order valence-corrected chi connectivity index (χ0v) is 5.37. The monoisotopic (exact) mass is 123 g/mol. The van der Waals surface area contributed by atoms with Gasteiger partial charge in [-0.3, -0.25) is 0 Å². The minimum Gasteiger partial charge on any atom is -0.143 e. The maximum absolute atomic E-state index is 3.09. The Balaban J connectivity index is 2.28. The van der Waals surface area contributed by atoms with Crippen molar-refractivity contribution in [3.8, 4) is 0 Å². The van der Waals surface area contributed by atoms with Crippen LogP contribution in [0.15, 0.2) is 11.4 Å². The zero-order chi connectivity index (χ0) is 5.40. The Morgan fingerprint density at radius 1 is 1.62 bits per heavy atom. The van der Waals surface area contributed by atoms with Crippen molar-refractivity contribution in [1.29, 1.82) is 0 Å². The van der Waals surface area contributed by atoms with Crippen LogP contribution in [-0.4, -0.2) is 0 Å². The molecule has 1 fully saturated rings. The molecular weight excluding hydrogens is 116 g/mol. The van der Waals surface area contributed by atoms with Gasteiger partial charge < -0.3 is 0 Å². The molecule has 1 heteroatoms. The molecule has 0 unspecified atom stereocenters. The van der Waals surface area contributed by atoms with Crippen LogP contribution in [0.1, 0.15) is 24.3 Å². The highest BCUT2D eigenvalue weighted by Gasteiger charge is 2.23. The Bertz CT molecular complexity index is 161. The largest absolute Gasteiger partial charge is 0.143 e. The second-order valence-corrected chi connectivity index (χ2v) is 2.98. The van der Waals surface area contributed by atoms with Crippen molar-refractivity contribution in [3.05, 3.63) is 22.4 Å². The third kappa shape index (κ3) is 0.671. The highest BCUT2D eigenvalue weighted by molar-refractivity contribution is 7.07. The van der Waals surface area contributed by atoms with E-state index in [0.29, 0.717) is 0 Å². The number of hydrogen-bond donors (Lipinski definition) is 0. The van der Waals surface area contributed by atoms with Crippen molar-refractivity contribution >= 4 is 11.3 Å². The van der Waals surface area contributed by atoms with E-state index in [4.69, 9.17) is 0 Å². The van der Waals surface area contributed by atoms with Crippen LogP contribution in [0, 0.1) is 5.38 Å². The summed E-state index contributed by atoms with van der Waals surface area (Å²) >= 11 is 1.68. The lowest BCUT2D eigenvalue weighted by Gasteiger charge is -1.82. The maximum Gasteiger partial charge on any atom is 0.0445 e. The predicted molar refractivity (Wildman–Crippen MR) is 35.1 cm³/mol. The van der Waals surface area contributed by atoms with Gasteiger partial charge in [0.15, 0.2) is 0 Å². The molecule has 1 aromatic rings. The quantitative estimate of drug-likeness (QED) is 0.538. The third-order valence-corrected chi connectivity index (χ3v) is 2.18. The summed E-state index contributed by atoms with van der Waals surface area (Å²) in [5.41, 5.74) is 1.51. The van der Waals surface area contributed by atoms with E-state index < -0.39 is 0 Å². The van der Waals surface area contributed by atoms with E-state index in [1.54, 1.807) is 11.3 Å². The zero-order valence-electron chi connectivity index (χ0n) is 4.55. The molecule has 1 aliphatic rings. The third-order valence-electron chi connectivity index (χ3n) is 1.54. The van der Waals surface area contributed by atoms with Crippen molar-refractivity contribution < 1.29 is 0 Å². The first-order valence-electron chi connectivity index (χ1n) is 2.91. The van der Waals surface area contributed by atoms with E-state index in [0.717, 1.165) is 5.92 Å². The van der Waals surface area contributed by atoms with Gasteiger partial charge >= 0.3 is 0 Å². The predicted octanol–water partition coefficient (Wildman–Crippen LogP) is 2.43. The fraction of sp³-hybridized carbons (Fsp3) is 0.429. The summed E-state index contributed by atoms with van der Waals surface area (Å²) in [4.78, 5) is 0. The van der Waals surface area contributed by atoms with Gasteiger partial charge in [0.05, 0.1) is 0 Å². The van der Waals surface area contributed by atoms with Crippen LogP contribution in [0.5, 0.6) is 0 Å². The Labute approximate surface area is 53.2 Å². The van der Waals surface area contributed by atoms with Crippen LogP contribution in [0.2, 0.25) is 0 Å². The normalized spacial score (nSPS) is 19.0. The standard InChI is InChI=1S/C7H7S/c1-2-6(1)7-3-4-8-5-7/h3,5-6H,1-2H2. The summed E-state index contributed by atoms with van der Waals surface area (Å²) in [5, 5.41) is 5.30. The van der Waals surface area contributed by atoms with Gasteiger partial charge in [0.2, 0.25) is 0 Å². The van der Waals surface area contributed by atoms with Crippen molar-refractivity contribution in [1.82, 2.24) is 0 Å². The van der Waals surface area contributed by atoms with Crippen LogP contribution in [0.4, 0.5) is 0 Å². The first-order chi connectivity index (χ1) is 3.97. The molecular formula is C7H7S. The van der Waals surface area contributed by atoms with E-state index >= 15 is 0 Å². The average molecular weight is 123 g/mol. The smallest absolute Gasteiger partial charge is 0.0445 e. The number of rotatable bonds is 1. The van der Waals surface area contributed by atoms with Gasteiger partial charge in [0.25, 0.3) is 0 Å². The van der Waals surface area contributed by atoms with Crippen LogP contribution < -0.4 is 0 Å². The molecule has 2 rings (SSSR count). The highest BCUT2D eigenvalue weighted by atomic mass is 32.1. The lowest BCUT2D eigenvalue weighted by Crippen LogP contribution is -1.65. The van der Waals surface area contributed by atoms with Crippen molar-refractivity contribution in [2.24, 2.45) is 0 Å². The van der Waals surface area contributed by atoms with Gasteiger partial charge in [-0.15, -0.1) is 11.3 Å². The Morgan fingerprint density at radius 2 is 2.50 bits per heavy atom. The highest BCUT2D eigenvalue weighted by Crippen LogP contribution is 2.40. The fourth-order valence-electron chi connectivity index (χ4n) is 0.869. The molecule has 0 saturated heterocycles. The van der Waals surface area contributed by atoms with Crippen LogP contribution in [-0.2, 0) is 0 Å². The van der Waals surface area contributed by atoms with E-state index in [-0.39, 0.29) is 0 Å². The lowest BCUT2D eigenvalue weighted by atomic mass is 10.2. The molecule has 0 spiro atoms. The Kier molecular flexibility index (Phi) is 0.908. The summed E-state index contributed by atoms with van der Waals surface area (Å²) in [6.45, 7) is 0.